The van der Waals surface area contributed by atoms with Gasteiger partial charge in [0.15, 0.2) is 5.15 Å². The van der Waals surface area contributed by atoms with Crippen molar-refractivity contribution in [3.63, 3.8) is 0 Å². The fourth-order valence-electron chi connectivity index (χ4n) is 1.15. The monoisotopic (exact) mass is 212 g/mol. The molecule has 0 unspecified atom stereocenters. The molecule has 0 aliphatic heterocycles. The SMILES string of the molecule is COCCc1nc(Cl)c2[nH]ncc2n1. The van der Waals surface area contributed by atoms with Gasteiger partial charge in [0, 0.05) is 13.5 Å². The second-order valence-electron chi connectivity index (χ2n) is 2.80. The molecule has 0 spiro atoms. The van der Waals surface area contributed by atoms with E-state index < -0.39 is 0 Å². The van der Waals surface area contributed by atoms with Crippen molar-refractivity contribution in [3.8, 4) is 0 Å². The Morgan fingerprint density at radius 3 is 3.14 bits per heavy atom. The van der Waals surface area contributed by atoms with Crippen molar-refractivity contribution in [2.75, 3.05) is 13.7 Å². The normalized spacial score (nSPS) is 11.0. The summed E-state index contributed by atoms with van der Waals surface area (Å²) in [6.07, 6.45) is 2.27. The number of fused-ring (bicyclic) bond motifs is 1. The third-order valence-corrected chi connectivity index (χ3v) is 2.11. The lowest BCUT2D eigenvalue weighted by atomic mass is 10.4. The smallest absolute Gasteiger partial charge is 0.158 e. The molecule has 0 fully saturated rings. The molecule has 1 N–H and O–H groups in total. The number of H-pyrrole nitrogens is 1. The molecule has 2 rings (SSSR count). The molecule has 0 aromatic carbocycles. The number of methoxy groups -OCH3 is 1. The highest BCUT2D eigenvalue weighted by Crippen LogP contribution is 2.16. The fraction of sp³-hybridized carbons (Fsp3) is 0.375. The quantitative estimate of drug-likeness (QED) is 0.777. The van der Waals surface area contributed by atoms with Crippen LogP contribution in [0.15, 0.2) is 6.20 Å². The summed E-state index contributed by atoms with van der Waals surface area (Å²) in [5.74, 6) is 0.672. The van der Waals surface area contributed by atoms with E-state index in [1.54, 1.807) is 13.3 Å². The Labute approximate surface area is 85.5 Å². The second kappa shape index (κ2) is 3.89. The molecule has 2 aromatic rings. The summed E-state index contributed by atoms with van der Waals surface area (Å²) >= 11 is 5.92. The average Bonchev–Trinajstić information content (AvgIpc) is 2.63. The molecule has 14 heavy (non-hydrogen) atoms. The minimum absolute atomic E-state index is 0.401. The van der Waals surface area contributed by atoms with Crippen molar-refractivity contribution in [1.29, 1.82) is 0 Å². The molecule has 0 radical (unpaired) electrons. The van der Waals surface area contributed by atoms with Gasteiger partial charge in [-0.1, -0.05) is 11.6 Å². The zero-order valence-electron chi connectivity index (χ0n) is 7.62. The van der Waals surface area contributed by atoms with E-state index in [-0.39, 0.29) is 0 Å². The van der Waals surface area contributed by atoms with Crippen molar-refractivity contribution >= 4 is 22.6 Å². The first-order chi connectivity index (χ1) is 6.81. The van der Waals surface area contributed by atoms with Crippen molar-refractivity contribution in [1.82, 2.24) is 20.2 Å². The first-order valence-corrected chi connectivity index (χ1v) is 4.53. The zero-order valence-corrected chi connectivity index (χ0v) is 8.38. The number of nitrogens with one attached hydrogen (secondary N) is 1. The summed E-state index contributed by atoms with van der Waals surface area (Å²) in [4.78, 5) is 8.38. The lowest BCUT2D eigenvalue weighted by molar-refractivity contribution is 0.200. The molecular weight excluding hydrogens is 204 g/mol. The Morgan fingerprint density at radius 2 is 2.36 bits per heavy atom. The predicted octanol–water partition coefficient (Wildman–Crippen LogP) is 1.20. The van der Waals surface area contributed by atoms with Crippen LogP contribution in [0.1, 0.15) is 5.82 Å². The van der Waals surface area contributed by atoms with Gasteiger partial charge in [0.05, 0.1) is 12.8 Å². The molecule has 0 aliphatic rings. The minimum Gasteiger partial charge on any atom is -0.384 e. The van der Waals surface area contributed by atoms with Gasteiger partial charge in [-0.2, -0.15) is 5.10 Å². The first kappa shape index (κ1) is 9.36. The maximum atomic E-state index is 5.92. The maximum absolute atomic E-state index is 5.92. The van der Waals surface area contributed by atoms with Gasteiger partial charge in [0.2, 0.25) is 0 Å². The molecule has 0 bridgehead atoms. The molecule has 2 aromatic heterocycles. The summed E-state index contributed by atoms with van der Waals surface area (Å²) in [5.41, 5.74) is 1.41. The number of rotatable bonds is 3. The van der Waals surface area contributed by atoms with Gasteiger partial charge in [-0.3, -0.25) is 5.10 Å². The number of hydrogen-bond acceptors (Lipinski definition) is 4. The second-order valence-corrected chi connectivity index (χ2v) is 3.16. The van der Waals surface area contributed by atoms with Crippen LogP contribution in [0.3, 0.4) is 0 Å². The van der Waals surface area contributed by atoms with E-state index >= 15 is 0 Å². The molecule has 0 aliphatic carbocycles. The van der Waals surface area contributed by atoms with Crippen LogP contribution in [0.4, 0.5) is 0 Å². The van der Waals surface area contributed by atoms with E-state index in [0.717, 1.165) is 5.52 Å². The van der Waals surface area contributed by atoms with Gasteiger partial charge in [-0.15, -0.1) is 0 Å². The fourth-order valence-corrected chi connectivity index (χ4v) is 1.39. The first-order valence-electron chi connectivity index (χ1n) is 4.15. The van der Waals surface area contributed by atoms with Gasteiger partial charge in [0.1, 0.15) is 16.9 Å². The number of nitrogens with zero attached hydrogens (tertiary/aromatic N) is 3. The number of halogens is 1. The van der Waals surface area contributed by atoms with Crippen molar-refractivity contribution in [2.45, 2.75) is 6.42 Å². The third-order valence-electron chi connectivity index (χ3n) is 1.83. The van der Waals surface area contributed by atoms with E-state index in [1.807, 2.05) is 0 Å². The van der Waals surface area contributed by atoms with Crippen molar-refractivity contribution in [3.05, 3.63) is 17.2 Å². The summed E-state index contributed by atoms with van der Waals surface area (Å²) < 4.78 is 4.93. The summed E-state index contributed by atoms with van der Waals surface area (Å²) in [6.45, 7) is 0.583. The molecule has 5 nitrogen and oxygen atoms in total. The number of aromatic amines is 1. The average molecular weight is 213 g/mol. The van der Waals surface area contributed by atoms with Gasteiger partial charge in [-0.25, -0.2) is 9.97 Å². The standard InChI is InChI=1S/C8H9ClN4O/c1-14-3-2-6-11-5-4-10-13-7(5)8(9)12-6/h4H,2-3H2,1H3,(H,10,13). The molecule has 0 amide bonds. The molecule has 0 saturated heterocycles. The Morgan fingerprint density at radius 1 is 1.50 bits per heavy atom. The van der Waals surface area contributed by atoms with Crippen molar-refractivity contribution < 1.29 is 4.74 Å². The van der Waals surface area contributed by atoms with Crippen LogP contribution >= 0.6 is 11.6 Å². The zero-order chi connectivity index (χ0) is 9.97. The van der Waals surface area contributed by atoms with E-state index in [2.05, 4.69) is 20.2 Å². The summed E-state index contributed by atoms with van der Waals surface area (Å²) in [5, 5.41) is 6.97. The predicted molar refractivity (Wildman–Crippen MR) is 52.3 cm³/mol. The van der Waals surface area contributed by atoms with Crippen LogP contribution in [0.5, 0.6) is 0 Å². The highest BCUT2D eigenvalue weighted by molar-refractivity contribution is 6.33. The lowest BCUT2D eigenvalue weighted by Gasteiger charge is -1.99. The Kier molecular flexibility index (Phi) is 2.60. The number of hydrogen-bond donors (Lipinski definition) is 1. The molecule has 0 atom stereocenters. The van der Waals surface area contributed by atoms with Crippen LogP contribution < -0.4 is 0 Å². The summed E-state index contributed by atoms with van der Waals surface area (Å²) in [7, 11) is 1.64. The Balaban J connectivity index is 2.38. The van der Waals surface area contributed by atoms with E-state index in [4.69, 9.17) is 16.3 Å². The Bertz CT molecular complexity index is 442. The molecule has 0 saturated carbocycles. The highest BCUT2D eigenvalue weighted by Gasteiger charge is 2.06. The molecular formula is C8H9ClN4O. The van der Waals surface area contributed by atoms with E-state index in [0.29, 0.717) is 29.5 Å². The van der Waals surface area contributed by atoms with Gasteiger partial charge in [-0.05, 0) is 0 Å². The largest absolute Gasteiger partial charge is 0.384 e. The number of ether oxygens (including phenoxy) is 1. The third kappa shape index (κ3) is 1.69. The minimum atomic E-state index is 0.401. The molecule has 6 heteroatoms. The summed E-state index contributed by atoms with van der Waals surface area (Å²) in [6, 6.07) is 0. The topological polar surface area (TPSA) is 63.7 Å². The maximum Gasteiger partial charge on any atom is 0.158 e. The molecule has 2 heterocycles. The van der Waals surface area contributed by atoms with Gasteiger partial charge in [0.25, 0.3) is 0 Å². The van der Waals surface area contributed by atoms with Crippen LogP contribution in [-0.2, 0) is 11.2 Å². The van der Waals surface area contributed by atoms with Crippen molar-refractivity contribution in [2.24, 2.45) is 0 Å². The number of aromatic nitrogens is 4. The van der Waals surface area contributed by atoms with Gasteiger partial charge < -0.3 is 4.74 Å². The Hall–Kier alpha value is -1.20. The van der Waals surface area contributed by atoms with Crippen LogP contribution in [0.2, 0.25) is 5.15 Å². The van der Waals surface area contributed by atoms with Crippen LogP contribution in [0.25, 0.3) is 11.0 Å². The molecule has 74 valence electrons. The lowest BCUT2D eigenvalue weighted by Crippen LogP contribution is -2.00. The van der Waals surface area contributed by atoms with E-state index in [9.17, 15) is 0 Å². The van der Waals surface area contributed by atoms with Crippen LogP contribution in [0, 0.1) is 0 Å². The van der Waals surface area contributed by atoms with Crippen LogP contribution in [-0.4, -0.2) is 33.9 Å². The van der Waals surface area contributed by atoms with Gasteiger partial charge >= 0.3 is 0 Å². The highest BCUT2D eigenvalue weighted by atomic mass is 35.5. The van der Waals surface area contributed by atoms with E-state index in [1.165, 1.54) is 0 Å².